The van der Waals surface area contributed by atoms with Gasteiger partial charge in [0, 0.05) is 18.0 Å². The molecule has 216 valence electrons. The van der Waals surface area contributed by atoms with Crippen LogP contribution in [0.15, 0.2) is 158 Å². The summed E-state index contributed by atoms with van der Waals surface area (Å²) in [5.41, 5.74) is 5.57. The lowest BCUT2D eigenvalue weighted by Crippen LogP contribution is -1.91. The standard InChI is InChI=1S/C45H26N2/c1-2-13-31-30(12-1)32(22-23-33(31)40-26-47-24-4-3-19-41(47)46-40)39-25-29-11-7-16-35-34-14-5-9-27-20-21-28-10-6-15-36(43(28)42(27)34)37-17-8-18-38(39)45(37)44(29)35/h1-26H. The summed E-state index contributed by atoms with van der Waals surface area (Å²) in [4.78, 5) is 4.99. The number of fused-ring (bicyclic) bond motifs is 4. The van der Waals surface area contributed by atoms with Crippen molar-refractivity contribution in [1.29, 1.82) is 0 Å². The summed E-state index contributed by atoms with van der Waals surface area (Å²) in [6.45, 7) is 0. The van der Waals surface area contributed by atoms with E-state index in [-0.39, 0.29) is 0 Å². The molecule has 0 radical (unpaired) electrons. The molecule has 0 N–H and O–H groups in total. The Kier molecular flexibility index (Phi) is 4.87. The second kappa shape index (κ2) is 9.15. The summed E-state index contributed by atoms with van der Waals surface area (Å²) in [5.74, 6) is 0. The predicted octanol–water partition coefficient (Wildman–Crippen LogP) is 12.2. The van der Waals surface area contributed by atoms with Gasteiger partial charge in [-0.15, -0.1) is 0 Å². The lowest BCUT2D eigenvalue weighted by molar-refractivity contribution is 1.19. The molecule has 0 fully saturated rings. The van der Waals surface area contributed by atoms with Crippen molar-refractivity contribution in [2.75, 3.05) is 0 Å². The zero-order chi connectivity index (χ0) is 30.6. The first kappa shape index (κ1) is 25.0. The second-order valence-corrected chi connectivity index (χ2v) is 12.7. The van der Waals surface area contributed by atoms with Crippen molar-refractivity contribution in [3.63, 3.8) is 0 Å². The number of nitrogens with zero attached hydrogens (tertiary/aromatic N) is 2. The van der Waals surface area contributed by atoms with Crippen LogP contribution in [0.4, 0.5) is 0 Å². The van der Waals surface area contributed by atoms with Crippen LogP contribution in [-0.4, -0.2) is 9.38 Å². The maximum Gasteiger partial charge on any atom is 0.137 e. The predicted molar refractivity (Wildman–Crippen MR) is 200 cm³/mol. The summed E-state index contributed by atoms with van der Waals surface area (Å²) in [5, 5.41) is 18.0. The number of imidazole rings is 1. The average molecular weight is 595 g/mol. The average Bonchev–Trinajstić information content (AvgIpc) is 3.56. The fourth-order valence-electron chi connectivity index (χ4n) is 8.35. The first-order valence-electron chi connectivity index (χ1n) is 16.2. The number of rotatable bonds is 2. The molecule has 0 saturated heterocycles. The molecule has 0 bridgehead atoms. The van der Waals surface area contributed by atoms with Gasteiger partial charge in [-0.3, -0.25) is 0 Å². The molecule has 11 rings (SSSR count). The Balaban J connectivity index is 1.31. The summed E-state index contributed by atoms with van der Waals surface area (Å²) in [7, 11) is 0. The highest BCUT2D eigenvalue weighted by Crippen LogP contribution is 2.47. The molecule has 0 aliphatic rings. The van der Waals surface area contributed by atoms with Crippen molar-refractivity contribution in [3.05, 3.63) is 158 Å². The summed E-state index contributed by atoms with van der Waals surface area (Å²) < 4.78 is 2.09. The molecular formula is C45H26N2. The van der Waals surface area contributed by atoms with Crippen molar-refractivity contribution in [2.45, 2.75) is 0 Å². The van der Waals surface area contributed by atoms with Crippen LogP contribution in [0.5, 0.6) is 0 Å². The second-order valence-electron chi connectivity index (χ2n) is 12.7. The highest BCUT2D eigenvalue weighted by molar-refractivity contribution is 6.38. The minimum absolute atomic E-state index is 0.952. The number of benzene rings is 8. The molecule has 2 heterocycles. The van der Waals surface area contributed by atoms with Gasteiger partial charge in [0.1, 0.15) is 5.65 Å². The van der Waals surface area contributed by atoms with Crippen molar-refractivity contribution < 1.29 is 0 Å². The minimum atomic E-state index is 0.952. The monoisotopic (exact) mass is 594 g/mol. The lowest BCUT2D eigenvalue weighted by atomic mass is 9.84. The van der Waals surface area contributed by atoms with E-state index >= 15 is 0 Å². The normalized spacial score (nSPS) is 12.3. The third kappa shape index (κ3) is 3.36. The Morgan fingerprint density at radius 3 is 1.60 bits per heavy atom. The van der Waals surface area contributed by atoms with E-state index in [1.165, 1.54) is 86.5 Å². The van der Waals surface area contributed by atoms with Gasteiger partial charge >= 0.3 is 0 Å². The van der Waals surface area contributed by atoms with Gasteiger partial charge in [0.05, 0.1) is 5.69 Å². The van der Waals surface area contributed by atoms with Crippen LogP contribution in [0.3, 0.4) is 0 Å². The molecule has 2 aromatic heterocycles. The van der Waals surface area contributed by atoms with Crippen LogP contribution in [0.25, 0.3) is 103 Å². The highest BCUT2D eigenvalue weighted by atomic mass is 15.0. The van der Waals surface area contributed by atoms with Gasteiger partial charge in [-0.25, -0.2) is 4.98 Å². The Morgan fingerprint density at radius 1 is 0.362 bits per heavy atom. The molecule has 0 spiro atoms. The molecule has 0 aliphatic carbocycles. The molecule has 2 heteroatoms. The van der Waals surface area contributed by atoms with Crippen molar-refractivity contribution >= 4 is 81.1 Å². The largest absolute Gasteiger partial charge is 0.306 e. The van der Waals surface area contributed by atoms with Gasteiger partial charge in [-0.2, -0.15) is 0 Å². The van der Waals surface area contributed by atoms with Gasteiger partial charge < -0.3 is 4.40 Å². The number of hydrogen-bond acceptors (Lipinski definition) is 1. The maximum atomic E-state index is 4.99. The van der Waals surface area contributed by atoms with Crippen LogP contribution in [0.2, 0.25) is 0 Å². The molecule has 2 nitrogen and oxygen atoms in total. The molecule has 0 aliphatic heterocycles. The molecule has 11 aromatic rings. The van der Waals surface area contributed by atoms with Crippen LogP contribution in [0.1, 0.15) is 0 Å². The van der Waals surface area contributed by atoms with E-state index in [4.69, 9.17) is 4.98 Å². The Bertz CT molecular complexity index is 3040. The van der Waals surface area contributed by atoms with Crippen LogP contribution in [0, 0.1) is 0 Å². The van der Waals surface area contributed by atoms with Gasteiger partial charge in [0.25, 0.3) is 0 Å². The summed E-state index contributed by atoms with van der Waals surface area (Å²) in [6, 6.07) is 53.8. The fourth-order valence-corrected chi connectivity index (χ4v) is 8.35. The molecule has 0 atom stereocenters. The van der Waals surface area contributed by atoms with Crippen LogP contribution < -0.4 is 0 Å². The SMILES string of the molecule is c1ccc2c(-c3cc4cccc5c6cccc7ccc8cccc(c9cccc3c9c45)c8c76)ccc(-c3cn4ccccc4n3)c2c1. The molecule has 0 unspecified atom stereocenters. The highest BCUT2D eigenvalue weighted by Gasteiger charge is 2.19. The first-order chi connectivity index (χ1) is 23.3. The first-order valence-corrected chi connectivity index (χ1v) is 16.2. The Labute approximate surface area is 270 Å². The number of hydrogen-bond donors (Lipinski definition) is 0. The topological polar surface area (TPSA) is 17.3 Å². The summed E-state index contributed by atoms with van der Waals surface area (Å²) in [6.07, 6.45) is 4.19. The van der Waals surface area contributed by atoms with Gasteiger partial charge in [-0.1, -0.05) is 127 Å². The Morgan fingerprint density at radius 2 is 0.894 bits per heavy atom. The van der Waals surface area contributed by atoms with E-state index in [2.05, 4.69) is 150 Å². The van der Waals surface area contributed by atoms with Gasteiger partial charge in [-0.05, 0) is 105 Å². The van der Waals surface area contributed by atoms with E-state index in [0.717, 1.165) is 16.9 Å². The van der Waals surface area contributed by atoms with Crippen LogP contribution in [-0.2, 0) is 0 Å². The molecular weight excluding hydrogens is 569 g/mol. The van der Waals surface area contributed by atoms with E-state index < -0.39 is 0 Å². The third-order valence-corrected chi connectivity index (χ3v) is 10.3. The minimum Gasteiger partial charge on any atom is -0.306 e. The molecule has 47 heavy (non-hydrogen) atoms. The number of aromatic nitrogens is 2. The quantitative estimate of drug-likeness (QED) is 0.182. The zero-order valence-corrected chi connectivity index (χ0v) is 25.4. The van der Waals surface area contributed by atoms with Crippen molar-refractivity contribution in [1.82, 2.24) is 9.38 Å². The zero-order valence-electron chi connectivity index (χ0n) is 25.4. The van der Waals surface area contributed by atoms with Crippen molar-refractivity contribution in [3.8, 4) is 22.4 Å². The molecule has 0 saturated carbocycles. The summed E-state index contributed by atoms with van der Waals surface area (Å²) >= 11 is 0. The Hall–Kier alpha value is -6.25. The van der Waals surface area contributed by atoms with Gasteiger partial charge in [0.15, 0.2) is 0 Å². The third-order valence-electron chi connectivity index (χ3n) is 10.3. The molecule has 0 amide bonds. The lowest BCUT2D eigenvalue weighted by Gasteiger charge is -2.19. The molecule has 9 aromatic carbocycles. The number of pyridine rings is 1. The van der Waals surface area contributed by atoms with E-state index in [1.807, 2.05) is 12.1 Å². The fraction of sp³-hybridized carbons (Fsp3) is 0. The van der Waals surface area contributed by atoms with Crippen molar-refractivity contribution in [2.24, 2.45) is 0 Å². The van der Waals surface area contributed by atoms with E-state index in [1.54, 1.807) is 0 Å². The van der Waals surface area contributed by atoms with E-state index in [0.29, 0.717) is 0 Å². The van der Waals surface area contributed by atoms with Gasteiger partial charge in [0.2, 0.25) is 0 Å². The van der Waals surface area contributed by atoms with E-state index in [9.17, 15) is 0 Å². The van der Waals surface area contributed by atoms with Crippen LogP contribution >= 0.6 is 0 Å². The maximum absolute atomic E-state index is 4.99. The smallest absolute Gasteiger partial charge is 0.137 e.